The Morgan fingerprint density at radius 2 is 1.12 bits per heavy atom. The fourth-order valence-electron chi connectivity index (χ4n) is 4.21. The van der Waals surface area contributed by atoms with Gasteiger partial charge in [-0.05, 0) is 50.0 Å². The van der Waals surface area contributed by atoms with Crippen LogP contribution in [-0.2, 0) is 14.3 Å². The number of rotatable bonds is 9. The van der Waals surface area contributed by atoms with Gasteiger partial charge >= 0.3 is 5.97 Å². The molecule has 178 valence electrons. The fraction of sp³-hybridized carbons (Fsp3) is 0.300. The molecule has 0 aliphatic carbocycles. The number of hydrogen-bond acceptors (Lipinski definition) is 3. The molecule has 0 aliphatic rings. The third kappa shape index (κ3) is 5.77. The smallest absolute Gasteiger partial charge is 0.343 e. The van der Waals surface area contributed by atoms with Crippen molar-refractivity contribution in [3.8, 4) is 0 Å². The summed E-state index contributed by atoms with van der Waals surface area (Å²) in [7, 11) is 0. The lowest BCUT2D eigenvalue weighted by Gasteiger charge is -2.32. The molecule has 3 rings (SSSR count). The van der Waals surface area contributed by atoms with Gasteiger partial charge in [-0.3, -0.25) is 4.79 Å². The van der Waals surface area contributed by atoms with Crippen molar-refractivity contribution in [1.82, 2.24) is 0 Å². The molecule has 3 nitrogen and oxygen atoms in total. The number of carbonyl (C=O) groups is 2. The Balaban J connectivity index is 2.51. The third-order valence-corrected chi connectivity index (χ3v) is 9.95. The minimum Gasteiger partial charge on any atom is -0.456 e. The van der Waals surface area contributed by atoms with Crippen molar-refractivity contribution in [3.63, 3.8) is 0 Å². The molecule has 3 aromatic carbocycles. The van der Waals surface area contributed by atoms with Crippen molar-refractivity contribution in [2.24, 2.45) is 0 Å². The second-order valence-corrected chi connectivity index (χ2v) is 12.7. The van der Waals surface area contributed by atoms with Crippen LogP contribution >= 0.6 is 6.89 Å². The van der Waals surface area contributed by atoms with Crippen LogP contribution in [0.3, 0.4) is 0 Å². The van der Waals surface area contributed by atoms with Crippen molar-refractivity contribution < 1.29 is 14.3 Å². The fourth-order valence-corrected chi connectivity index (χ4v) is 8.54. The van der Waals surface area contributed by atoms with Crippen molar-refractivity contribution in [1.29, 1.82) is 0 Å². The predicted molar refractivity (Wildman–Crippen MR) is 145 cm³/mol. The van der Waals surface area contributed by atoms with Gasteiger partial charge in [0.05, 0.1) is 0 Å². The van der Waals surface area contributed by atoms with Gasteiger partial charge in [0, 0.05) is 6.42 Å². The Labute approximate surface area is 204 Å². The molecule has 3 aromatic rings. The first-order chi connectivity index (χ1) is 16.3. The Morgan fingerprint density at radius 1 is 0.706 bits per heavy atom. The van der Waals surface area contributed by atoms with E-state index in [2.05, 4.69) is 6.92 Å². The van der Waals surface area contributed by atoms with Crippen LogP contribution in [0.5, 0.6) is 0 Å². The molecule has 0 fully saturated rings. The van der Waals surface area contributed by atoms with Gasteiger partial charge in [0.25, 0.3) is 0 Å². The molecule has 0 saturated heterocycles. The molecule has 0 unspecified atom stereocenters. The van der Waals surface area contributed by atoms with Crippen molar-refractivity contribution in [2.45, 2.75) is 59.0 Å². The number of Topliss-reactive ketones (excluding diaryl/α,β-unsaturated/α-hetero) is 1. The molecule has 0 radical (unpaired) electrons. The Hall–Kier alpha value is -2.90. The first-order valence-corrected chi connectivity index (χ1v) is 13.8. The highest BCUT2D eigenvalue weighted by atomic mass is 31.2. The van der Waals surface area contributed by atoms with Gasteiger partial charge in [-0.25, -0.2) is 4.79 Å². The van der Waals surface area contributed by atoms with Crippen molar-refractivity contribution in [2.75, 3.05) is 0 Å². The van der Waals surface area contributed by atoms with Crippen molar-refractivity contribution in [3.05, 3.63) is 91.0 Å². The predicted octanol–water partition coefficient (Wildman–Crippen LogP) is 5.64. The topological polar surface area (TPSA) is 43.4 Å². The molecule has 0 N–H and O–H groups in total. The van der Waals surface area contributed by atoms with E-state index in [4.69, 9.17) is 4.74 Å². The molecule has 0 spiro atoms. The van der Waals surface area contributed by atoms with Gasteiger partial charge in [-0.2, -0.15) is 0 Å². The Kier molecular flexibility index (Phi) is 8.69. The van der Waals surface area contributed by atoms with E-state index in [1.807, 2.05) is 112 Å². The molecule has 0 amide bonds. The molecule has 4 heteroatoms. The standard InChI is InChI=1S/C30H35O3P/c1-5-6-10-23-27(31)28(29(32)33-30(2,3)4)34(24-17-11-7-12-18-24,25-19-13-8-14-20-25)26-21-15-9-16-22-26/h7-9,11-22H,5-6,10,23H2,1-4H3. The maximum Gasteiger partial charge on any atom is 0.343 e. The first kappa shape index (κ1) is 25.7. The van der Waals surface area contributed by atoms with E-state index in [1.54, 1.807) is 0 Å². The van der Waals surface area contributed by atoms with E-state index in [0.29, 0.717) is 6.42 Å². The molecule has 34 heavy (non-hydrogen) atoms. The summed E-state index contributed by atoms with van der Waals surface area (Å²) in [5.41, 5.74) is -0.717. The Morgan fingerprint density at radius 3 is 1.47 bits per heavy atom. The SMILES string of the molecule is CCCCCC(=O)C(C(=O)OC(C)(C)C)=P(c1ccccc1)(c1ccccc1)c1ccccc1. The highest BCUT2D eigenvalue weighted by Gasteiger charge is 2.38. The van der Waals surface area contributed by atoms with Gasteiger partial charge in [-0.15, -0.1) is 0 Å². The number of ether oxygens (including phenoxy) is 1. The number of hydrogen-bond donors (Lipinski definition) is 0. The summed E-state index contributed by atoms with van der Waals surface area (Å²) in [6.45, 7) is 4.83. The summed E-state index contributed by atoms with van der Waals surface area (Å²) in [4.78, 5) is 27.9. The van der Waals surface area contributed by atoms with E-state index in [1.165, 1.54) is 0 Å². The normalized spacial score (nSPS) is 11.6. The van der Waals surface area contributed by atoms with E-state index < -0.39 is 18.5 Å². The summed E-state index contributed by atoms with van der Waals surface area (Å²) in [5, 5.41) is 3.19. The molecule has 0 atom stereocenters. The van der Waals surface area contributed by atoms with Crippen LogP contribution in [0.15, 0.2) is 91.0 Å². The van der Waals surface area contributed by atoms with Gasteiger partial charge in [0.2, 0.25) is 0 Å². The number of carbonyl (C=O) groups excluding carboxylic acids is 2. The van der Waals surface area contributed by atoms with Gasteiger partial charge in [0.1, 0.15) is 10.9 Å². The maximum absolute atomic E-state index is 14.0. The molecular weight excluding hydrogens is 439 g/mol. The zero-order chi connectivity index (χ0) is 24.6. The summed E-state index contributed by atoms with van der Waals surface area (Å²) in [5.74, 6) is -0.633. The van der Waals surface area contributed by atoms with E-state index in [9.17, 15) is 9.59 Å². The molecule has 0 aromatic heterocycles. The summed E-state index contributed by atoms with van der Waals surface area (Å²) >= 11 is 0. The Bertz CT molecular complexity index is 1040. The third-order valence-electron chi connectivity index (χ3n) is 5.63. The maximum atomic E-state index is 14.0. The van der Waals surface area contributed by atoms with Crippen LogP contribution in [0.1, 0.15) is 53.4 Å². The zero-order valence-corrected chi connectivity index (χ0v) is 21.6. The highest BCUT2D eigenvalue weighted by molar-refractivity contribution is 7.97. The van der Waals surface area contributed by atoms with Crippen LogP contribution in [0.25, 0.3) is 0 Å². The quantitative estimate of drug-likeness (QED) is 0.174. The minimum absolute atomic E-state index is 0.118. The van der Waals surface area contributed by atoms with Crippen LogP contribution in [0, 0.1) is 0 Å². The average molecular weight is 475 g/mol. The number of esters is 1. The molecule has 0 aliphatic heterocycles. The van der Waals surface area contributed by atoms with Crippen LogP contribution in [-0.4, -0.2) is 22.6 Å². The lowest BCUT2D eigenvalue weighted by Crippen LogP contribution is -2.40. The van der Waals surface area contributed by atoms with Crippen LogP contribution in [0.4, 0.5) is 0 Å². The minimum atomic E-state index is -2.82. The first-order valence-electron chi connectivity index (χ1n) is 12.0. The van der Waals surface area contributed by atoms with Crippen LogP contribution < -0.4 is 15.9 Å². The highest BCUT2D eigenvalue weighted by Crippen LogP contribution is 2.47. The molecule has 0 heterocycles. The van der Waals surface area contributed by atoms with Gasteiger partial charge in [0.15, 0.2) is 5.78 Å². The number of unbranched alkanes of at least 4 members (excludes halogenated alkanes) is 2. The van der Waals surface area contributed by atoms with Crippen LogP contribution in [0.2, 0.25) is 0 Å². The van der Waals surface area contributed by atoms with E-state index >= 15 is 0 Å². The lowest BCUT2D eigenvalue weighted by atomic mass is 10.1. The second-order valence-electron chi connectivity index (χ2n) is 9.41. The monoisotopic (exact) mass is 474 g/mol. The largest absolute Gasteiger partial charge is 0.456 e. The van der Waals surface area contributed by atoms with E-state index in [-0.39, 0.29) is 11.1 Å². The summed E-state index contributed by atoms with van der Waals surface area (Å²) in [6, 6.07) is 30.0. The van der Waals surface area contributed by atoms with Gasteiger partial charge < -0.3 is 4.74 Å². The van der Waals surface area contributed by atoms with Crippen molar-refractivity contribution >= 4 is 39.8 Å². The van der Waals surface area contributed by atoms with E-state index in [0.717, 1.165) is 35.2 Å². The second kappa shape index (κ2) is 11.5. The molecule has 0 saturated carbocycles. The molecular formula is C30H35O3P. The van der Waals surface area contributed by atoms with Gasteiger partial charge in [-0.1, -0.05) is 111 Å². The average Bonchev–Trinajstić information content (AvgIpc) is 2.83. The summed E-state index contributed by atoms with van der Waals surface area (Å²) < 4.78 is 5.93. The number of benzene rings is 3. The molecule has 0 bridgehead atoms. The summed E-state index contributed by atoms with van der Waals surface area (Å²) in [6.07, 6.45) is 3.03. The lowest BCUT2D eigenvalue weighted by molar-refractivity contribution is -0.146. The zero-order valence-electron chi connectivity index (χ0n) is 20.7. The number of ketones is 1.